The summed E-state index contributed by atoms with van der Waals surface area (Å²) in [4.78, 5) is 13.9. The first-order chi connectivity index (χ1) is 9.01. The molecule has 0 unspecified atom stereocenters. The predicted molar refractivity (Wildman–Crippen MR) is 76.5 cm³/mol. The van der Waals surface area contributed by atoms with Crippen LogP contribution in [-0.4, -0.2) is 43.3 Å². The highest BCUT2D eigenvalue weighted by atomic mass is 35.5. The van der Waals surface area contributed by atoms with E-state index >= 15 is 0 Å². The van der Waals surface area contributed by atoms with Crippen LogP contribution in [0.4, 0.5) is 10.5 Å². The van der Waals surface area contributed by atoms with Gasteiger partial charge in [0.25, 0.3) is 0 Å². The van der Waals surface area contributed by atoms with Crippen molar-refractivity contribution >= 4 is 34.7 Å². The van der Waals surface area contributed by atoms with Crippen LogP contribution in [0, 0.1) is 0 Å². The summed E-state index contributed by atoms with van der Waals surface area (Å²) < 4.78 is 11.3. The van der Waals surface area contributed by atoms with Gasteiger partial charge >= 0.3 is 6.03 Å². The SMILES string of the molecule is COc1c(NC(=O)N2C[C@H](C)O[C@@H](C)C2)csc1Cl. The Labute approximate surface area is 121 Å². The van der Waals surface area contributed by atoms with Crippen LogP contribution in [0.2, 0.25) is 4.34 Å². The van der Waals surface area contributed by atoms with E-state index in [9.17, 15) is 4.79 Å². The number of hydrogen-bond donors (Lipinski definition) is 1. The third-order valence-electron chi connectivity index (χ3n) is 2.86. The van der Waals surface area contributed by atoms with Gasteiger partial charge in [-0.15, -0.1) is 11.3 Å². The van der Waals surface area contributed by atoms with Crippen LogP contribution in [0.15, 0.2) is 5.38 Å². The molecular formula is C12H17ClN2O3S. The number of anilines is 1. The minimum absolute atomic E-state index is 0.0439. The number of nitrogens with one attached hydrogen (secondary N) is 1. The topological polar surface area (TPSA) is 50.8 Å². The second-order valence-electron chi connectivity index (χ2n) is 4.55. The minimum atomic E-state index is -0.158. The van der Waals surface area contributed by atoms with Crippen molar-refractivity contribution in [2.45, 2.75) is 26.1 Å². The lowest BCUT2D eigenvalue weighted by atomic mass is 10.2. The number of hydrogen-bond acceptors (Lipinski definition) is 4. The monoisotopic (exact) mass is 304 g/mol. The van der Waals surface area contributed by atoms with Crippen molar-refractivity contribution in [3.05, 3.63) is 9.72 Å². The Bertz CT molecular complexity index is 456. The molecule has 2 heterocycles. The summed E-state index contributed by atoms with van der Waals surface area (Å²) >= 11 is 7.30. The average Bonchev–Trinajstić information content (AvgIpc) is 2.68. The number of methoxy groups -OCH3 is 1. The maximum Gasteiger partial charge on any atom is 0.322 e. The van der Waals surface area contributed by atoms with Gasteiger partial charge in [0, 0.05) is 18.5 Å². The molecule has 1 aliphatic heterocycles. The highest BCUT2D eigenvalue weighted by molar-refractivity contribution is 7.15. The molecule has 1 aromatic heterocycles. The molecule has 0 aromatic carbocycles. The summed E-state index contributed by atoms with van der Waals surface area (Å²) in [6.45, 7) is 5.07. The molecule has 1 aromatic rings. The molecule has 0 saturated carbocycles. The first-order valence-electron chi connectivity index (χ1n) is 6.03. The minimum Gasteiger partial charge on any atom is -0.492 e. The molecule has 1 aliphatic rings. The van der Waals surface area contributed by atoms with Crippen LogP contribution >= 0.6 is 22.9 Å². The zero-order chi connectivity index (χ0) is 14.0. The van der Waals surface area contributed by atoms with Crippen molar-refractivity contribution in [1.29, 1.82) is 0 Å². The Kier molecular flexibility index (Phi) is 4.54. The van der Waals surface area contributed by atoms with Crippen molar-refractivity contribution < 1.29 is 14.3 Å². The second kappa shape index (κ2) is 5.98. The summed E-state index contributed by atoms with van der Waals surface area (Å²) in [5.41, 5.74) is 0.606. The predicted octanol–water partition coefficient (Wildman–Crippen LogP) is 3.05. The third kappa shape index (κ3) is 3.32. The molecule has 1 N–H and O–H groups in total. The lowest BCUT2D eigenvalue weighted by Crippen LogP contribution is -2.49. The second-order valence-corrected chi connectivity index (χ2v) is 6.03. The largest absolute Gasteiger partial charge is 0.492 e. The Morgan fingerprint density at radius 3 is 2.74 bits per heavy atom. The molecule has 1 saturated heterocycles. The van der Waals surface area contributed by atoms with Crippen LogP contribution in [0.3, 0.4) is 0 Å². The van der Waals surface area contributed by atoms with Gasteiger partial charge < -0.3 is 19.7 Å². The van der Waals surface area contributed by atoms with Crippen molar-refractivity contribution in [2.75, 3.05) is 25.5 Å². The van der Waals surface area contributed by atoms with Gasteiger partial charge in [0.2, 0.25) is 0 Å². The van der Waals surface area contributed by atoms with E-state index in [1.165, 1.54) is 18.4 Å². The average molecular weight is 305 g/mol. The number of thiophene rings is 1. The first-order valence-corrected chi connectivity index (χ1v) is 7.29. The van der Waals surface area contributed by atoms with E-state index in [2.05, 4.69) is 5.32 Å². The number of carbonyl (C=O) groups is 1. The Morgan fingerprint density at radius 2 is 2.16 bits per heavy atom. The fourth-order valence-corrected chi connectivity index (χ4v) is 3.14. The van der Waals surface area contributed by atoms with Crippen molar-refractivity contribution in [1.82, 2.24) is 4.90 Å². The van der Waals surface area contributed by atoms with Gasteiger partial charge in [0.05, 0.1) is 25.0 Å². The number of rotatable bonds is 2. The summed E-state index contributed by atoms with van der Waals surface area (Å²) in [6.07, 6.45) is 0.0879. The van der Waals surface area contributed by atoms with Gasteiger partial charge in [-0.05, 0) is 13.8 Å². The number of amides is 2. The third-order valence-corrected chi connectivity index (χ3v) is 4.04. The number of urea groups is 1. The summed E-state index contributed by atoms with van der Waals surface area (Å²) in [6, 6.07) is -0.158. The summed E-state index contributed by atoms with van der Waals surface area (Å²) in [5.74, 6) is 0.509. The normalized spacial score (nSPS) is 23.3. The van der Waals surface area contributed by atoms with Crippen LogP contribution in [0.25, 0.3) is 0 Å². The van der Waals surface area contributed by atoms with Crippen LogP contribution in [0.5, 0.6) is 5.75 Å². The molecule has 0 bridgehead atoms. The zero-order valence-corrected chi connectivity index (χ0v) is 12.7. The van der Waals surface area contributed by atoms with Crippen LogP contribution in [0.1, 0.15) is 13.8 Å². The van der Waals surface area contributed by atoms with Gasteiger partial charge in [-0.25, -0.2) is 4.79 Å². The highest BCUT2D eigenvalue weighted by Crippen LogP contribution is 2.39. The molecule has 0 aliphatic carbocycles. The molecule has 2 atom stereocenters. The van der Waals surface area contributed by atoms with Gasteiger partial charge in [0.15, 0.2) is 5.75 Å². The fraction of sp³-hybridized carbons (Fsp3) is 0.583. The highest BCUT2D eigenvalue weighted by Gasteiger charge is 2.26. The van der Waals surface area contributed by atoms with Crippen molar-refractivity contribution in [3.63, 3.8) is 0 Å². The van der Waals surface area contributed by atoms with Gasteiger partial charge in [0.1, 0.15) is 4.34 Å². The summed E-state index contributed by atoms with van der Waals surface area (Å²) in [7, 11) is 1.53. The number of carbonyl (C=O) groups excluding carboxylic acids is 1. The first kappa shape index (κ1) is 14.4. The molecule has 5 nitrogen and oxygen atoms in total. The number of morpholine rings is 1. The molecule has 2 rings (SSSR count). The van der Waals surface area contributed by atoms with E-state index in [1.807, 2.05) is 13.8 Å². The number of halogens is 1. The Hall–Kier alpha value is -0.980. The summed E-state index contributed by atoms with van der Waals surface area (Å²) in [5, 5.41) is 4.60. The van der Waals surface area contributed by atoms with E-state index in [0.29, 0.717) is 28.9 Å². The van der Waals surface area contributed by atoms with Crippen LogP contribution in [-0.2, 0) is 4.74 Å². The van der Waals surface area contributed by atoms with E-state index in [1.54, 1.807) is 10.3 Å². The molecule has 106 valence electrons. The quantitative estimate of drug-likeness (QED) is 0.913. The van der Waals surface area contributed by atoms with E-state index in [4.69, 9.17) is 21.1 Å². The van der Waals surface area contributed by atoms with Crippen LogP contribution < -0.4 is 10.1 Å². The van der Waals surface area contributed by atoms with Gasteiger partial charge in [-0.2, -0.15) is 0 Å². The molecule has 0 spiro atoms. The van der Waals surface area contributed by atoms with Gasteiger partial charge in [-0.1, -0.05) is 11.6 Å². The molecule has 2 amide bonds. The lowest BCUT2D eigenvalue weighted by Gasteiger charge is -2.35. The molecule has 1 fully saturated rings. The fourth-order valence-electron chi connectivity index (χ4n) is 2.14. The molecular weight excluding hydrogens is 288 g/mol. The zero-order valence-electron chi connectivity index (χ0n) is 11.1. The van der Waals surface area contributed by atoms with E-state index < -0.39 is 0 Å². The van der Waals surface area contributed by atoms with Crippen molar-refractivity contribution in [3.8, 4) is 5.75 Å². The molecule has 0 radical (unpaired) electrons. The number of nitrogens with zero attached hydrogens (tertiary/aromatic N) is 1. The van der Waals surface area contributed by atoms with E-state index in [-0.39, 0.29) is 18.2 Å². The Morgan fingerprint density at radius 1 is 1.53 bits per heavy atom. The van der Waals surface area contributed by atoms with Crippen molar-refractivity contribution in [2.24, 2.45) is 0 Å². The van der Waals surface area contributed by atoms with Gasteiger partial charge in [-0.3, -0.25) is 0 Å². The smallest absolute Gasteiger partial charge is 0.322 e. The van der Waals surface area contributed by atoms with E-state index in [0.717, 1.165) is 0 Å². The molecule has 7 heteroatoms. The lowest BCUT2D eigenvalue weighted by molar-refractivity contribution is -0.0530. The molecule has 19 heavy (non-hydrogen) atoms. The Balaban J connectivity index is 2.04. The maximum absolute atomic E-state index is 12.2. The standard InChI is InChI=1S/C12H17ClN2O3S/c1-7-4-15(5-8(2)18-7)12(16)14-9-6-19-11(13)10(9)17-3/h6-8H,4-5H2,1-3H3,(H,14,16)/t7-,8-/m0/s1. The maximum atomic E-state index is 12.2. The number of ether oxygens (including phenoxy) is 2.